The van der Waals surface area contributed by atoms with E-state index >= 15 is 0 Å². The van der Waals surface area contributed by atoms with Crippen molar-refractivity contribution in [3.05, 3.63) is 88.5 Å². The van der Waals surface area contributed by atoms with Crippen LogP contribution in [-0.2, 0) is 0 Å². The Morgan fingerprint density at radius 1 is 0.917 bits per heavy atom. The molecule has 0 amide bonds. The largest absolute Gasteiger partial charge is 0.264 e. The minimum atomic E-state index is 0.826. The lowest BCUT2D eigenvalue weighted by atomic mass is 10.2. The Balaban J connectivity index is 1.75. The van der Waals surface area contributed by atoms with Gasteiger partial charge in [-0.3, -0.25) is 9.99 Å². The Kier molecular flexibility index (Phi) is 4.14. The molecule has 6 heteroatoms. The second kappa shape index (κ2) is 6.58. The van der Waals surface area contributed by atoms with Crippen molar-refractivity contribution >= 4 is 39.8 Å². The van der Waals surface area contributed by atoms with Gasteiger partial charge in [-0.2, -0.15) is 0 Å². The smallest absolute Gasteiger partial charge is 0.148 e. The van der Waals surface area contributed by atoms with E-state index in [2.05, 4.69) is 62.4 Å². The van der Waals surface area contributed by atoms with E-state index < -0.39 is 0 Å². The summed E-state index contributed by atoms with van der Waals surface area (Å²) in [4.78, 5) is 8.65. The SMILES string of the molecule is Ic1ccc(N2NN(c3ccccn3)C=C2c2cccnc2)cc1. The van der Waals surface area contributed by atoms with Gasteiger partial charge in [0.25, 0.3) is 0 Å². The molecule has 1 N–H and O–H groups in total. The molecule has 5 nitrogen and oxygen atoms in total. The van der Waals surface area contributed by atoms with Gasteiger partial charge in [0, 0.05) is 27.7 Å². The molecule has 0 saturated heterocycles. The van der Waals surface area contributed by atoms with Crippen LogP contribution in [0.3, 0.4) is 0 Å². The van der Waals surface area contributed by atoms with Crippen LogP contribution in [-0.4, -0.2) is 9.97 Å². The lowest BCUT2D eigenvalue weighted by Crippen LogP contribution is -2.40. The first-order valence-corrected chi connectivity index (χ1v) is 8.53. The second-order valence-corrected chi connectivity index (χ2v) is 6.47. The van der Waals surface area contributed by atoms with Crippen LogP contribution in [0.25, 0.3) is 5.70 Å². The van der Waals surface area contributed by atoms with Crippen molar-refractivity contribution in [3.8, 4) is 0 Å². The van der Waals surface area contributed by atoms with Crippen LogP contribution in [0.15, 0.2) is 79.4 Å². The number of rotatable bonds is 3. The predicted molar refractivity (Wildman–Crippen MR) is 104 cm³/mol. The van der Waals surface area contributed by atoms with Gasteiger partial charge in [-0.15, -0.1) is 5.53 Å². The zero-order chi connectivity index (χ0) is 16.4. The number of benzene rings is 1. The van der Waals surface area contributed by atoms with Gasteiger partial charge in [-0.05, 0) is 71.1 Å². The summed E-state index contributed by atoms with van der Waals surface area (Å²) in [6.45, 7) is 0. The Labute approximate surface area is 153 Å². The van der Waals surface area contributed by atoms with Gasteiger partial charge in [0.1, 0.15) is 5.82 Å². The van der Waals surface area contributed by atoms with Gasteiger partial charge < -0.3 is 0 Å². The number of nitrogens with one attached hydrogen (secondary N) is 1. The molecule has 24 heavy (non-hydrogen) atoms. The van der Waals surface area contributed by atoms with Crippen LogP contribution in [0.4, 0.5) is 11.5 Å². The Hall–Kier alpha value is -2.45. The highest BCUT2D eigenvalue weighted by molar-refractivity contribution is 14.1. The third-order valence-electron chi connectivity index (χ3n) is 3.64. The van der Waals surface area contributed by atoms with Gasteiger partial charge in [0.15, 0.2) is 0 Å². The summed E-state index contributed by atoms with van der Waals surface area (Å²) in [5.41, 5.74) is 6.46. The highest BCUT2D eigenvalue weighted by atomic mass is 127. The summed E-state index contributed by atoms with van der Waals surface area (Å²) in [6.07, 6.45) is 7.44. The first-order chi connectivity index (χ1) is 11.8. The quantitative estimate of drug-likeness (QED) is 0.644. The molecule has 0 spiro atoms. The third-order valence-corrected chi connectivity index (χ3v) is 4.36. The van der Waals surface area contributed by atoms with E-state index in [-0.39, 0.29) is 0 Å². The van der Waals surface area contributed by atoms with Crippen molar-refractivity contribution in [1.29, 1.82) is 0 Å². The molecule has 0 bridgehead atoms. The molecule has 1 aromatic carbocycles. The number of nitrogens with zero attached hydrogens (tertiary/aromatic N) is 4. The first kappa shape index (κ1) is 15.1. The molecule has 0 fully saturated rings. The summed E-state index contributed by atoms with van der Waals surface area (Å²) in [5.74, 6) is 0.826. The van der Waals surface area contributed by atoms with Gasteiger partial charge in [0.2, 0.25) is 0 Å². The van der Waals surface area contributed by atoms with E-state index in [4.69, 9.17) is 0 Å². The highest BCUT2D eigenvalue weighted by Gasteiger charge is 2.25. The first-order valence-electron chi connectivity index (χ1n) is 7.46. The molecule has 0 atom stereocenters. The lowest BCUT2D eigenvalue weighted by molar-refractivity contribution is 0.750. The Morgan fingerprint density at radius 3 is 2.50 bits per heavy atom. The Morgan fingerprint density at radius 2 is 1.79 bits per heavy atom. The van der Waals surface area contributed by atoms with Crippen LogP contribution >= 0.6 is 22.6 Å². The Bertz CT molecular complexity index is 850. The maximum atomic E-state index is 4.41. The van der Waals surface area contributed by atoms with E-state index in [1.165, 1.54) is 3.57 Å². The normalized spacial score (nSPS) is 14.0. The lowest BCUT2D eigenvalue weighted by Gasteiger charge is -2.24. The fourth-order valence-corrected chi connectivity index (χ4v) is 2.85. The van der Waals surface area contributed by atoms with Crippen molar-refractivity contribution in [2.45, 2.75) is 0 Å². The highest BCUT2D eigenvalue weighted by Crippen LogP contribution is 2.30. The van der Waals surface area contributed by atoms with Crippen molar-refractivity contribution in [1.82, 2.24) is 15.5 Å². The van der Waals surface area contributed by atoms with Crippen molar-refractivity contribution in [2.24, 2.45) is 0 Å². The zero-order valence-corrected chi connectivity index (χ0v) is 14.8. The van der Waals surface area contributed by atoms with Crippen LogP contribution < -0.4 is 15.6 Å². The molecule has 3 aromatic rings. The maximum Gasteiger partial charge on any atom is 0.148 e. The van der Waals surface area contributed by atoms with Crippen LogP contribution in [0.1, 0.15) is 5.56 Å². The van der Waals surface area contributed by atoms with Crippen LogP contribution in [0.5, 0.6) is 0 Å². The summed E-state index contributed by atoms with van der Waals surface area (Å²) < 4.78 is 1.20. The number of hydrogen-bond donors (Lipinski definition) is 1. The van der Waals surface area contributed by atoms with E-state index in [1.54, 1.807) is 12.4 Å². The van der Waals surface area contributed by atoms with Crippen LogP contribution in [0.2, 0.25) is 0 Å². The van der Waals surface area contributed by atoms with E-state index in [0.717, 1.165) is 22.8 Å². The molecule has 1 aliphatic rings. The molecule has 0 aliphatic carbocycles. The monoisotopic (exact) mass is 427 g/mol. The summed E-state index contributed by atoms with van der Waals surface area (Å²) in [5, 5.41) is 3.93. The molecule has 118 valence electrons. The number of halogens is 1. The van der Waals surface area contributed by atoms with Gasteiger partial charge in [-0.1, -0.05) is 6.07 Å². The molecule has 2 aromatic heterocycles. The van der Waals surface area contributed by atoms with Gasteiger partial charge >= 0.3 is 0 Å². The van der Waals surface area contributed by atoms with Gasteiger partial charge in [0.05, 0.1) is 17.6 Å². The van der Waals surface area contributed by atoms with Crippen molar-refractivity contribution in [3.63, 3.8) is 0 Å². The molecular formula is C18H14IN5. The molecule has 0 unspecified atom stereocenters. The number of pyridine rings is 2. The second-order valence-electron chi connectivity index (χ2n) is 5.23. The molecule has 0 radical (unpaired) electrons. The molecular weight excluding hydrogens is 413 g/mol. The minimum absolute atomic E-state index is 0.826. The topological polar surface area (TPSA) is 44.3 Å². The predicted octanol–water partition coefficient (Wildman–Crippen LogP) is 3.83. The summed E-state index contributed by atoms with van der Waals surface area (Å²) in [7, 11) is 0. The number of aromatic nitrogens is 2. The number of hydrazine groups is 2. The fourth-order valence-electron chi connectivity index (χ4n) is 2.49. The maximum absolute atomic E-state index is 4.41. The third kappa shape index (κ3) is 2.98. The molecule has 0 saturated carbocycles. The number of hydrogen-bond acceptors (Lipinski definition) is 5. The van der Waals surface area contributed by atoms with E-state index in [0.29, 0.717) is 0 Å². The van der Waals surface area contributed by atoms with Gasteiger partial charge in [-0.25, -0.2) is 9.99 Å². The van der Waals surface area contributed by atoms with E-state index in [1.807, 2.05) is 52.7 Å². The molecule has 4 rings (SSSR count). The van der Waals surface area contributed by atoms with E-state index in [9.17, 15) is 0 Å². The standard InChI is InChI=1S/C18H14IN5/c19-15-6-8-16(9-7-15)24-17(14-4-3-10-20-12-14)13-23(22-24)18-5-1-2-11-21-18/h1-13,22H. The summed E-state index contributed by atoms with van der Waals surface area (Å²) >= 11 is 2.31. The zero-order valence-electron chi connectivity index (χ0n) is 12.7. The molecule has 3 heterocycles. The minimum Gasteiger partial charge on any atom is -0.264 e. The average molecular weight is 427 g/mol. The van der Waals surface area contributed by atoms with Crippen molar-refractivity contribution < 1.29 is 0 Å². The number of anilines is 2. The fraction of sp³-hybridized carbons (Fsp3) is 0. The van der Waals surface area contributed by atoms with Crippen molar-refractivity contribution in [2.75, 3.05) is 10.0 Å². The average Bonchev–Trinajstić information content (AvgIpc) is 3.09. The van der Waals surface area contributed by atoms with Crippen LogP contribution in [0, 0.1) is 3.57 Å². The summed E-state index contributed by atoms with van der Waals surface area (Å²) in [6, 6.07) is 18.2. The molecule has 1 aliphatic heterocycles.